The first-order chi connectivity index (χ1) is 6.11. The molecular weight excluding hydrogens is 230 g/mol. The van der Waals surface area contributed by atoms with Crippen LogP contribution in [0.15, 0.2) is 22.7 Å². The highest BCUT2D eigenvalue weighted by atomic mass is 79.9. The van der Waals surface area contributed by atoms with Gasteiger partial charge in [-0.25, -0.2) is 0 Å². The standard InChI is InChI=1S/C10H14BrNO/c1-7(2)12-6-8-4-3-5-9(13)10(8)11/h3-5,7,12-13H,6H2,1-2H3. The first-order valence-electron chi connectivity index (χ1n) is 4.31. The number of phenolic OH excluding ortho intramolecular Hbond substituents is 1. The fraction of sp³-hybridized carbons (Fsp3) is 0.400. The Labute approximate surface area is 87.1 Å². The average Bonchev–Trinajstić information content (AvgIpc) is 2.07. The van der Waals surface area contributed by atoms with Crippen molar-refractivity contribution in [1.82, 2.24) is 5.32 Å². The molecule has 1 aromatic carbocycles. The van der Waals surface area contributed by atoms with Crippen LogP contribution in [-0.4, -0.2) is 11.1 Å². The Morgan fingerprint density at radius 1 is 1.46 bits per heavy atom. The minimum absolute atomic E-state index is 0.294. The molecule has 0 atom stereocenters. The summed E-state index contributed by atoms with van der Waals surface area (Å²) in [6.07, 6.45) is 0. The highest BCUT2D eigenvalue weighted by molar-refractivity contribution is 9.10. The van der Waals surface area contributed by atoms with Gasteiger partial charge in [0.25, 0.3) is 0 Å². The number of benzene rings is 1. The van der Waals surface area contributed by atoms with E-state index in [-0.39, 0.29) is 0 Å². The summed E-state index contributed by atoms with van der Waals surface area (Å²) in [5.74, 6) is 0.294. The van der Waals surface area contributed by atoms with Gasteiger partial charge in [0, 0.05) is 12.6 Å². The van der Waals surface area contributed by atoms with Gasteiger partial charge in [0.15, 0.2) is 0 Å². The third-order valence-corrected chi connectivity index (χ3v) is 2.67. The van der Waals surface area contributed by atoms with Gasteiger partial charge in [-0.05, 0) is 27.6 Å². The molecule has 0 bridgehead atoms. The molecule has 0 aliphatic rings. The topological polar surface area (TPSA) is 32.3 Å². The first kappa shape index (κ1) is 10.5. The lowest BCUT2D eigenvalue weighted by Gasteiger charge is -2.10. The van der Waals surface area contributed by atoms with Gasteiger partial charge in [0.1, 0.15) is 5.75 Å². The Bertz CT molecular complexity index is 286. The predicted octanol–water partition coefficient (Wildman–Crippen LogP) is 2.65. The Kier molecular flexibility index (Phi) is 3.75. The molecule has 0 aliphatic carbocycles. The molecule has 0 amide bonds. The van der Waals surface area contributed by atoms with Crippen LogP contribution in [0, 0.1) is 0 Å². The summed E-state index contributed by atoms with van der Waals surface area (Å²) in [7, 11) is 0. The van der Waals surface area contributed by atoms with E-state index in [1.165, 1.54) is 0 Å². The van der Waals surface area contributed by atoms with Gasteiger partial charge in [0.05, 0.1) is 4.47 Å². The molecule has 1 rings (SSSR count). The smallest absolute Gasteiger partial charge is 0.130 e. The molecule has 72 valence electrons. The lowest BCUT2D eigenvalue weighted by atomic mass is 10.2. The molecule has 0 unspecified atom stereocenters. The van der Waals surface area contributed by atoms with Gasteiger partial charge in [-0.3, -0.25) is 0 Å². The van der Waals surface area contributed by atoms with E-state index < -0.39 is 0 Å². The van der Waals surface area contributed by atoms with E-state index in [2.05, 4.69) is 35.1 Å². The molecule has 0 radical (unpaired) electrons. The molecule has 2 N–H and O–H groups in total. The number of rotatable bonds is 3. The van der Waals surface area contributed by atoms with Gasteiger partial charge in [-0.1, -0.05) is 26.0 Å². The maximum Gasteiger partial charge on any atom is 0.130 e. The molecule has 0 aromatic heterocycles. The Morgan fingerprint density at radius 2 is 2.15 bits per heavy atom. The van der Waals surface area contributed by atoms with Gasteiger partial charge in [0.2, 0.25) is 0 Å². The largest absolute Gasteiger partial charge is 0.507 e. The zero-order valence-electron chi connectivity index (χ0n) is 7.84. The van der Waals surface area contributed by atoms with Crippen LogP contribution >= 0.6 is 15.9 Å². The van der Waals surface area contributed by atoms with Gasteiger partial charge in [-0.15, -0.1) is 0 Å². The second-order valence-corrected chi connectivity index (χ2v) is 4.08. The van der Waals surface area contributed by atoms with Crippen LogP contribution in [0.4, 0.5) is 0 Å². The molecule has 0 aliphatic heterocycles. The normalized spacial score (nSPS) is 10.8. The summed E-state index contributed by atoms with van der Waals surface area (Å²) in [5, 5.41) is 12.7. The van der Waals surface area contributed by atoms with Crippen molar-refractivity contribution in [3.8, 4) is 5.75 Å². The highest BCUT2D eigenvalue weighted by Crippen LogP contribution is 2.26. The number of hydrogen-bond acceptors (Lipinski definition) is 2. The van der Waals surface area contributed by atoms with Crippen LogP contribution in [0.2, 0.25) is 0 Å². The van der Waals surface area contributed by atoms with Crippen molar-refractivity contribution in [1.29, 1.82) is 0 Å². The lowest BCUT2D eigenvalue weighted by molar-refractivity contribution is 0.469. The van der Waals surface area contributed by atoms with Crippen molar-refractivity contribution in [3.05, 3.63) is 28.2 Å². The molecule has 3 heteroatoms. The summed E-state index contributed by atoms with van der Waals surface area (Å²) in [6, 6.07) is 5.95. The van der Waals surface area contributed by atoms with Crippen molar-refractivity contribution in [2.24, 2.45) is 0 Å². The van der Waals surface area contributed by atoms with Crippen LogP contribution in [-0.2, 0) is 6.54 Å². The summed E-state index contributed by atoms with van der Waals surface area (Å²) in [4.78, 5) is 0. The fourth-order valence-electron chi connectivity index (χ4n) is 1.02. The van der Waals surface area contributed by atoms with Crippen LogP contribution in [0.5, 0.6) is 5.75 Å². The minimum atomic E-state index is 0.294. The van der Waals surface area contributed by atoms with Crippen LogP contribution < -0.4 is 5.32 Å². The second kappa shape index (κ2) is 4.63. The van der Waals surface area contributed by atoms with Gasteiger partial charge >= 0.3 is 0 Å². The van der Waals surface area contributed by atoms with Crippen molar-refractivity contribution in [2.75, 3.05) is 0 Å². The van der Waals surface area contributed by atoms with Crippen molar-refractivity contribution >= 4 is 15.9 Å². The van der Waals surface area contributed by atoms with E-state index in [0.717, 1.165) is 16.6 Å². The lowest BCUT2D eigenvalue weighted by Crippen LogP contribution is -2.21. The summed E-state index contributed by atoms with van der Waals surface area (Å²) in [6.45, 7) is 4.96. The number of nitrogens with one attached hydrogen (secondary N) is 1. The zero-order chi connectivity index (χ0) is 9.84. The van der Waals surface area contributed by atoms with E-state index in [1.54, 1.807) is 6.07 Å². The quantitative estimate of drug-likeness (QED) is 0.856. The number of aromatic hydroxyl groups is 1. The molecule has 13 heavy (non-hydrogen) atoms. The Balaban J connectivity index is 2.71. The third-order valence-electron chi connectivity index (χ3n) is 1.76. The van der Waals surface area contributed by atoms with Crippen molar-refractivity contribution < 1.29 is 5.11 Å². The number of phenols is 1. The summed E-state index contributed by atoms with van der Waals surface area (Å²) < 4.78 is 0.781. The Hall–Kier alpha value is -0.540. The maximum absolute atomic E-state index is 9.39. The van der Waals surface area contributed by atoms with Gasteiger partial charge in [-0.2, -0.15) is 0 Å². The molecular formula is C10H14BrNO. The molecule has 0 heterocycles. The van der Waals surface area contributed by atoms with Crippen LogP contribution in [0.3, 0.4) is 0 Å². The van der Waals surface area contributed by atoms with Crippen LogP contribution in [0.25, 0.3) is 0 Å². The minimum Gasteiger partial charge on any atom is -0.507 e. The van der Waals surface area contributed by atoms with E-state index in [0.29, 0.717) is 11.8 Å². The number of halogens is 1. The second-order valence-electron chi connectivity index (χ2n) is 3.29. The summed E-state index contributed by atoms with van der Waals surface area (Å²) in [5.41, 5.74) is 1.08. The molecule has 2 nitrogen and oxygen atoms in total. The SMILES string of the molecule is CC(C)NCc1cccc(O)c1Br. The summed E-state index contributed by atoms with van der Waals surface area (Å²) >= 11 is 3.34. The molecule has 0 saturated heterocycles. The van der Waals surface area contributed by atoms with Crippen molar-refractivity contribution in [2.45, 2.75) is 26.4 Å². The molecule has 0 saturated carbocycles. The van der Waals surface area contributed by atoms with Crippen molar-refractivity contribution in [3.63, 3.8) is 0 Å². The number of hydrogen-bond donors (Lipinski definition) is 2. The predicted molar refractivity (Wildman–Crippen MR) is 57.8 cm³/mol. The monoisotopic (exact) mass is 243 g/mol. The Morgan fingerprint density at radius 3 is 2.77 bits per heavy atom. The molecule has 0 fully saturated rings. The van der Waals surface area contributed by atoms with E-state index >= 15 is 0 Å². The molecule has 0 spiro atoms. The first-order valence-corrected chi connectivity index (χ1v) is 5.10. The third kappa shape index (κ3) is 3.01. The van der Waals surface area contributed by atoms with E-state index in [4.69, 9.17) is 0 Å². The van der Waals surface area contributed by atoms with E-state index in [9.17, 15) is 5.11 Å². The maximum atomic E-state index is 9.39. The highest BCUT2D eigenvalue weighted by Gasteiger charge is 2.03. The fourth-order valence-corrected chi connectivity index (χ4v) is 1.42. The molecule has 1 aromatic rings. The zero-order valence-corrected chi connectivity index (χ0v) is 9.43. The van der Waals surface area contributed by atoms with Gasteiger partial charge < -0.3 is 10.4 Å². The van der Waals surface area contributed by atoms with Crippen LogP contribution in [0.1, 0.15) is 19.4 Å². The average molecular weight is 244 g/mol. The van der Waals surface area contributed by atoms with E-state index in [1.807, 2.05) is 12.1 Å².